The number of rotatable bonds is 0. The van der Waals surface area contributed by atoms with Gasteiger partial charge in [0, 0.05) is 0 Å². The van der Waals surface area contributed by atoms with Crippen LogP contribution in [0.15, 0.2) is 0 Å². The monoisotopic (exact) mass is 129 g/mol. The Morgan fingerprint density at radius 2 is 2.00 bits per heavy atom. The first-order chi connectivity index (χ1) is 4.20. The van der Waals surface area contributed by atoms with Crippen molar-refractivity contribution in [2.45, 2.75) is 13.0 Å². The van der Waals surface area contributed by atoms with Gasteiger partial charge in [0.2, 0.25) is 0 Å². The number of hydrogen-bond donors (Lipinski definition) is 3. The number of carbonyl (C=O) groups excluding carboxylic acids is 2. The van der Waals surface area contributed by atoms with Gasteiger partial charge in [0.25, 0.3) is 5.91 Å². The summed E-state index contributed by atoms with van der Waals surface area (Å²) in [7, 11) is 0. The molecule has 3 N–H and O–H groups in total. The number of nitrogens with one attached hydrogen (secondary N) is 3. The molecule has 5 nitrogen and oxygen atoms in total. The van der Waals surface area contributed by atoms with Gasteiger partial charge in [-0.15, -0.1) is 0 Å². The predicted octanol–water partition coefficient (Wildman–Crippen LogP) is -1.28. The zero-order valence-electron chi connectivity index (χ0n) is 4.89. The molecule has 0 aliphatic carbocycles. The molecule has 0 aromatic rings. The molecule has 0 saturated carbocycles. The maximum Gasteiger partial charge on any atom is 0.334 e. The molecule has 3 amide bonds. The Morgan fingerprint density at radius 3 is 2.44 bits per heavy atom. The minimum absolute atomic E-state index is 0.227. The molecule has 1 unspecified atom stereocenters. The fourth-order valence-corrected chi connectivity index (χ4v) is 0.525. The van der Waals surface area contributed by atoms with E-state index in [1.807, 2.05) is 0 Å². The maximum atomic E-state index is 10.6. The largest absolute Gasteiger partial charge is 0.334 e. The van der Waals surface area contributed by atoms with Crippen LogP contribution >= 0.6 is 0 Å². The lowest BCUT2D eigenvalue weighted by Crippen LogP contribution is -2.61. The second kappa shape index (κ2) is 1.93. The first-order valence-electron chi connectivity index (χ1n) is 2.56. The van der Waals surface area contributed by atoms with E-state index >= 15 is 0 Å². The van der Waals surface area contributed by atoms with E-state index in [1.54, 1.807) is 6.92 Å². The molecule has 0 spiro atoms. The van der Waals surface area contributed by atoms with Gasteiger partial charge in [-0.3, -0.25) is 10.2 Å². The minimum Gasteiger partial charge on any atom is -0.325 e. The van der Waals surface area contributed by atoms with Gasteiger partial charge in [-0.1, -0.05) is 0 Å². The number of hydrogen-bond acceptors (Lipinski definition) is 2. The van der Waals surface area contributed by atoms with E-state index in [1.165, 1.54) is 0 Å². The summed E-state index contributed by atoms with van der Waals surface area (Å²) in [6.45, 7) is 1.61. The molecule has 1 heterocycles. The molecular formula is C4H7N3O2. The van der Waals surface area contributed by atoms with Crippen LogP contribution in [-0.2, 0) is 4.79 Å². The van der Waals surface area contributed by atoms with Gasteiger partial charge in [-0.05, 0) is 6.92 Å². The van der Waals surface area contributed by atoms with Crippen molar-refractivity contribution in [3.05, 3.63) is 0 Å². The molecule has 1 rings (SSSR count). The molecule has 0 bridgehead atoms. The van der Waals surface area contributed by atoms with Gasteiger partial charge < -0.3 is 5.32 Å². The molecule has 1 aliphatic rings. The third-order valence-electron chi connectivity index (χ3n) is 1.04. The van der Waals surface area contributed by atoms with E-state index in [2.05, 4.69) is 16.2 Å². The molecule has 5 heteroatoms. The van der Waals surface area contributed by atoms with Crippen LogP contribution in [0.5, 0.6) is 0 Å². The Morgan fingerprint density at radius 1 is 1.33 bits per heavy atom. The molecule has 1 aliphatic heterocycles. The summed E-state index contributed by atoms with van der Waals surface area (Å²) in [5, 5.41) is 2.37. The third-order valence-corrected chi connectivity index (χ3v) is 1.04. The Hall–Kier alpha value is -1.26. The molecule has 50 valence electrons. The first-order valence-corrected chi connectivity index (χ1v) is 2.56. The summed E-state index contributed by atoms with van der Waals surface area (Å²) < 4.78 is 0. The predicted molar refractivity (Wildman–Crippen MR) is 29.3 cm³/mol. The van der Waals surface area contributed by atoms with Crippen molar-refractivity contribution in [3.63, 3.8) is 0 Å². The quantitative estimate of drug-likeness (QED) is 0.381. The standard InChI is InChI=1S/C4H7N3O2/c1-2-3(8)6-7-4(9)5-2/h2H,1H3,(H,6,8)(H2,5,7,9). The van der Waals surface area contributed by atoms with E-state index in [0.29, 0.717) is 0 Å². The highest BCUT2D eigenvalue weighted by atomic mass is 16.2. The van der Waals surface area contributed by atoms with Crippen molar-refractivity contribution in [3.8, 4) is 0 Å². The van der Waals surface area contributed by atoms with Crippen LogP contribution in [0.4, 0.5) is 4.79 Å². The van der Waals surface area contributed by atoms with Crippen molar-refractivity contribution in [1.82, 2.24) is 16.2 Å². The Labute approximate surface area is 51.8 Å². The average Bonchev–Trinajstić information content (AvgIpc) is 1.80. The summed E-state index contributed by atoms with van der Waals surface area (Å²) in [5.74, 6) is -0.227. The van der Waals surface area contributed by atoms with E-state index in [4.69, 9.17) is 0 Å². The average molecular weight is 129 g/mol. The highest BCUT2D eigenvalue weighted by Crippen LogP contribution is 1.83. The number of carbonyl (C=O) groups is 2. The fraction of sp³-hybridized carbons (Fsp3) is 0.500. The second-order valence-electron chi connectivity index (χ2n) is 1.81. The molecule has 9 heavy (non-hydrogen) atoms. The van der Waals surface area contributed by atoms with Gasteiger partial charge in [0.15, 0.2) is 0 Å². The highest BCUT2D eigenvalue weighted by Gasteiger charge is 2.20. The lowest BCUT2D eigenvalue weighted by Gasteiger charge is -2.19. The van der Waals surface area contributed by atoms with Gasteiger partial charge in [0.05, 0.1) is 0 Å². The Kier molecular flexibility index (Phi) is 1.26. The van der Waals surface area contributed by atoms with Crippen LogP contribution in [0.1, 0.15) is 6.92 Å². The smallest absolute Gasteiger partial charge is 0.325 e. The van der Waals surface area contributed by atoms with Gasteiger partial charge >= 0.3 is 6.03 Å². The molecule has 0 aromatic carbocycles. The number of hydrazine groups is 1. The van der Waals surface area contributed by atoms with E-state index in [9.17, 15) is 9.59 Å². The van der Waals surface area contributed by atoms with Gasteiger partial charge in [0.1, 0.15) is 6.04 Å². The summed E-state index contributed by atoms with van der Waals surface area (Å²) in [6, 6.07) is -0.805. The van der Waals surface area contributed by atoms with Crippen LogP contribution in [-0.4, -0.2) is 18.0 Å². The van der Waals surface area contributed by atoms with Crippen LogP contribution in [0, 0.1) is 0 Å². The molecular weight excluding hydrogens is 122 g/mol. The summed E-state index contributed by atoms with van der Waals surface area (Å²) in [4.78, 5) is 20.9. The van der Waals surface area contributed by atoms with Gasteiger partial charge in [-0.25, -0.2) is 10.2 Å². The molecule has 0 radical (unpaired) electrons. The van der Waals surface area contributed by atoms with E-state index in [0.717, 1.165) is 0 Å². The fourth-order valence-electron chi connectivity index (χ4n) is 0.525. The van der Waals surface area contributed by atoms with E-state index < -0.39 is 6.04 Å². The zero-order valence-corrected chi connectivity index (χ0v) is 4.89. The summed E-state index contributed by atoms with van der Waals surface area (Å²) in [6.07, 6.45) is 0. The molecule has 1 saturated heterocycles. The van der Waals surface area contributed by atoms with Crippen molar-refractivity contribution >= 4 is 11.9 Å². The van der Waals surface area contributed by atoms with Crippen molar-refractivity contribution in [2.24, 2.45) is 0 Å². The first kappa shape index (κ1) is 5.87. The van der Waals surface area contributed by atoms with Crippen molar-refractivity contribution in [1.29, 1.82) is 0 Å². The topological polar surface area (TPSA) is 70.2 Å². The molecule has 0 aromatic heterocycles. The normalized spacial score (nSPS) is 26.1. The van der Waals surface area contributed by atoms with Crippen molar-refractivity contribution in [2.75, 3.05) is 0 Å². The lowest BCUT2D eigenvalue weighted by molar-refractivity contribution is -0.124. The van der Waals surface area contributed by atoms with E-state index in [-0.39, 0.29) is 11.9 Å². The minimum atomic E-state index is -0.432. The Balaban J connectivity index is 2.54. The molecule has 1 fully saturated rings. The second-order valence-corrected chi connectivity index (χ2v) is 1.81. The van der Waals surface area contributed by atoms with Crippen LogP contribution < -0.4 is 16.2 Å². The zero-order chi connectivity index (χ0) is 6.85. The molecule has 1 atom stereocenters. The van der Waals surface area contributed by atoms with Crippen LogP contribution in [0.2, 0.25) is 0 Å². The van der Waals surface area contributed by atoms with Crippen molar-refractivity contribution < 1.29 is 9.59 Å². The Bertz CT molecular complexity index is 156. The maximum absolute atomic E-state index is 10.6. The number of urea groups is 1. The summed E-state index contributed by atoms with van der Waals surface area (Å²) in [5.41, 5.74) is 4.29. The van der Waals surface area contributed by atoms with Crippen LogP contribution in [0.25, 0.3) is 0 Å². The van der Waals surface area contributed by atoms with Crippen LogP contribution in [0.3, 0.4) is 0 Å². The summed E-state index contributed by atoms with van der Waals surface area (Å²) >= 11 is 0. The third kappa shape index (κ3) is 1.10. The lowest BCUT2D eigenvalue weighted by atomic mass is 10.3. The number of amides is 3. The SMILES string of the molecule is CC1NC(=O)NNC1=O. The van der Waals surface area contributed by atoms with Gasteiger partial charge in [-0.2, -0.15) is 0 Å². The highest BCUT2D eigenvalue weighted by molar-refractivity contribution is 5.91.